The van der Waals surface area contributed by atoms with Gasteiger partial charge in [0.1, 0.15) is 0 Å². The number of hydrogen-bond acceptors (Lipinski definition) is 3. The summed E-state index contributed by atoms with van der Waals surface area (Å²) in [5.41, 5.74) is 17.9. The van der Waals surface area contributed by atoms with E-state index in [1.165, 1.54) is 66.3 Å². The minimum Gasteiger partial charge on any atom is -0.311 e. The number of fused-ring (bicyclic) bond motifs is 2. The van der Waals surface area contributed by atoms with Crippen LogP contribution in [-0.2, 0) is 6.42 Å². The smallest absolute Gasteiger partial charge is 0.0540 e. The van der Waals surface area contributed by atoms with Crippen LogP contribution in [0.25, 0.3) is 38.2 Å². The van der Waals surface area contributed by atoms with Crippen LogP contribution >= 0.6 is 0 Å². The van der Waals surface area contributed by atoms with Gasteiger partial charge in [-0.15, -0.1) is 0 Å². The van der Waals surface area contributed by atoms with Crippen molar-refractivity contribution < 1.29 is 0 Å². The fraction of sp³-hybridized carbons (Fsp3) is 0.0423. The maximum Gasteiger partial charge on any atom is 0.0540 e. The van der Waals surface area contributed by atoms with Crippen molar-refractivity contribution in [3.05, 3.63) is 320 Å². The van der Waals surface area contributed by atoms with Crippen LogP contribution in [0.5, 0.6) is 0 Å². The molecule has 0 amide bonds. The highest BCUT2D eigenvalue weighted by molar-refractivity contribution is 6.00. The predicted octanol–water partition coefficient (Wildman–Crippen LogP) is 19.7. The summed E-state index contributed by atoms with van der Waals surface area (Å²) in [7, 11) is 0. The Bertz CT molecular complexity index is 3760. The van der Waals surface area contributed by atoms with Crippen molar-refractivity contribution >= 4 is 72.6 Å². The summed E-state index contributed by atoms with van der Waals surface area (Å²) < 4.78 is 0. The number of aryl methyl sites for hydroxylation is 1. The maximum atomic E-state index is 2.40. The zero-order chi connectivity index (χ0) is 49.5. The lowest BCUT2D eigenvalue weighted by atomic mass is 9.90. The lowest BCUT2D eigenvalue weighted by Crippen LogP contribution is -2.17. The molecule has 11 aromatic carbocycles. The number of allylic oxidation sites excluding steroid dienone is 5. The number of hydrogen-bond donors (Lipinski definition) is 0. The SMILES string of the molecule is C1=CC(=C(CCc2ccc(-c3ccc(N(c4ccccc4)c4ccc(N(c5ccccc5)c5cccc6ccccc56)cc4)cc3)cc2)c2ccccc2)CC=C1N(c1ccccc1)c1cccc2ccccc12. The zero-order valence-electron chi connectivity index (χ0n) is 41.3. The molecule has 11 aromatic rings. The molecule has 0 heterocycles. The molecular weight excluding hydrogens is 895 g/mol. The van der Waals surface area contributed by atoms with E-state index in [1.54, 1.807) is 0 Å². The van der Waals surface area contributed by atoms with Gasteiger partial charge in [-0.3, -0.25) is 0 Å². The van der Waals surface area contributed by atoms with E-state index < -0.39 is 0 Å². The molecule has 1 aliphatic carbocycles. The van der Waals surface area contributed by atoms with E-state index in [2.05, 4.69) is 312 Å². The van der Waals surface area contributed by atoms with Gasteiger partial charge in [0.15, 0.2) is 0 Å². The van der Waals surface area contributed by atoms with Crippen LogP contribution in [0, 0.1) is 0 Å². The molecule has 0 bridgehead atoms. The number of nitrogens with zero attached hydrogens (tertiary/aromatic N) is 3. The van der Waals surface area contributed by atoms with Crippen LogP contribution < -0.4 is 14.7 Å². The third-order valence-electron chi connectivity index (χ3n) is 14.3. The molecule has 0 saturated carbocycles. The van der Waals surface area contributed by atoms with E-state index in [0.29, 0.717) is 0 Å². The molecule has 1 aliphatic rings. The van der Waals surface area contributed by atoms with Gasteiger partial charge in [-0.25, -0.2) is 0 Å². The Kier molecular flexibility index (Phi) is 13.0. The number of para-hydroxylation sites is 3. The minimum atomic E-state index is 0.852. The summed E-state index contributed by atoms with van der Waals surface area (Å²) in [5.74, 6) is 0. The van der Waals surface area contributed by atoms with E-state index in [0.717, 1.165) is 59.1 Å². The molecule has 0 radical (unpaired) electrons. The first-order valence-electron chi connectivity index (χ1n) is 25.7. The predicted molar refractivity (Wildman–Crippen MR) is 315 cm³/mol. The van der Waals surface area contributed by atoms with Crippen molar-refractivity contribution in [2.45, 2.75) is 19.3 Å². The van der Waals surface area contributed by atoms with Gasteiger partial charge in [-0.2, -0.15) is 0 Å². The highest BCUT2D eigenvalue weighted by Gasteiger charge is 2.21. The van der Waals surface area contributed by atoms with E-state index in [-0.39, 0.29) is 0 Å². The Balaban J connectivity index is 0.784. The molecule has 3 nitrogen and oxygen atoms in total. The lowest BCUT2D eigenvalue weighted by Gasteiger charge is -2.29. The van der Waals surface area contributed by atoms with Gasteiger partial charge < -0.3 is 14.7 Å². The largest absolute Gasteiger partial charge is 0.311 e. The zero-order valence-corrected chi connectivity index (χ0v) is 41.3. The topological polar surface area (TPSA) is 9.72 Å². The van der Waals surface area contributed by atoms with E-state index >= 15 is 0 Å². The van der Waals surface area contributed by atoms with Crippen molar-refractivity contribution in [2.24, 2.45) is 0 Å². The fourth-order valence-electron chi connectivity index (χ4n) is 10.6. The second-order valence-corrected chi connectivity index (χ2v) is 18.8. The number of benzene rings is 11. The first-order chi connectivity index (χ1) is 36.7. The average molecular weight is 950 g/mol. The average Bonchev–Trinajstić information content (AvgIpc) is 3.48. The third kappa shape index (κ3) is 9.55. The van der Waals surface area contributed by atoms with Gasteiger partial charge in [0, 0.05) is 50.6 Å². The summed E-state index contributed by atoms with van der Waals surface area (Å²) in [5, 5.41) is 4.90. The van der Waals surface area contributed by atoms with Crippen LogP contribution in [0.3, 0.4) is 0 Å². The van der Waals surface area contributed by atoms with Gasteiger partial charge in [0.25, 0.3) is 0 Å². The molecule has 0 spiro atoms. The summed E-state index contributed by atoms with van der Waals surface area (Å²) in [6.07, 6.45) is 9.79. The van der Waals surface area contributed by atoms with Crippen LogP contribution in [-0.4, -0.2) is 0 Å². The maximum absolute atomic E-state index is 2.40. The standard InChI is InChI=1S/C71H55N3/c1-5-19-56(20-6-1)67(59-42-46-65(47-43-59)73(61-27-9-3-10-28-61)70-33-17-23-57-21-13-15-31-68(57)70)52-37-53-35-38-54(39-36-53)55-40-44-63(45-41-55)72(60-25-7-2-8-26-60)64-48-50-66(51-49-64)74(62-29-11-4-12-30-62)71-34-18-24-58-22-14-16-32-69(58)71/h1-36,38-42,44-51H,37,43,52H2. The quantitative estimate of drug-likeness (QED) is 0.108. The second kappa shape index (κ2) is 21.1. The van der Waals surface area contributed by atoms with Crippen molar-refractivity contribution in [2.75, 3.05) is 14.7 Å². The summed E-state index contributed by atoms with van der Waals surface area (Å²) >= 11 is 0. The Morgan fingerprint density at radius 1 is 0.324 bits per heavy atom. The van der Waals surface area contributed by atoms with Crippen LogP contribution in [0.1, 0.15) is 24.0 Å². The summed E-state index contributed by atoms with van der Waals surface area (Å²) in [6.45, 7) is 0. The first-order valence-corrected chi connectivity index (χ1v) is 25.7. The highest BCUT2D eigenvalue weighted by atomic mass is 15.2. The molecule has 0 unspecified atom stereocenters. The molecule has 3 heteroatoms. The summed E-state index contributed by atoms with van der Waals surface area (Å²) in [6, 6.07) is 100. The molecule has 12 rings (SSSR count). The van der Waals surface area contributed by atoms with Crippen LogP contribution in [0.2, 0.25) is 0 Å². The van der Waals surface area contributed by atoms with Gasteiger partial charge in [0.2, 0.25) is 0 Å². The van der Waals surface area contributed by atoms with Gasteiger partial charge in [-0.1, -0.05) is 206 Å². The molecule has 0 N–H and O–H groups in total. The van der Waals surface area contributed by atoms with Gasteiger partial charge >= 0.3 is 0 Å². The molecular formula is C71H55N3. The van der Waals surface area contributed by atoms with Crippen LogP contribution in [0.15, 0.2) is 309 Å². The highest BCUT2D eigenvalue weighted by Crippen LogP contribution is 2.43. The third-order valence-corrected chi connectivity index (χ3v) is 14.3. The first kappa shape index (κ1) is 45.7. The van der Waals surface area contributed by atoms with E-state index in [1.807, 2.05) is 0 Å². The number of anilines is 8. The molecule has 74 heavy (non-hydrogen) atoms. The Labute approximate surface area is 435 Å². The van der Waals surface area contributed by atoms with Crippen LogP contribution in [0.4, 0.5) is 45.5 Å². The molecule has 0 aromatic heterocycles. The van der Waals surface area contributed by atoms with Crippen molar-refractivity contribution in [3.8, 4) is 11.1 Å². The lowest BCUT2D eigenvalue weighted by molar-refractivity contribution is 1.00. The van der Waals surface area contributed by atoms with Gasteiger partial charge in [-0.05, 0) is 154 Å². The van der Waals surface area contributed by atoms with Gasteiger partial charge in [0.05, 0.1) is 11.4 Å². The van der Waals surface area contributed by atoms with Crippen molar-refractivity contribution in [1.29, 1.82) is 0 Å². The fourth-order valence-corrected chi connectivity index (χ4v) is 10.6. The van der Waals surface area contributed by atoms with E-state index in [9.17, 15) is 0 Å². The van der Waals surface area contributed by atoms with Crippen molar-refractivity contribution in [3.63, 3.8) is 0 Å². The molecule has 0 aliphatic heterocycles. The molecule has 0 saturated heterocycles. The summed E-state index contributed by atoms with van der Waals surface area (Å²) in [4.78, 5) is 7.09. The molecule has 0 atom stereocenters. The van der Waals surface area contributed by atoms with E-state index in [4.69, 9.17) is 0 Å². The molecule has 0 fully saturated rings. The Morgan fingerprint density at radius 3 is 1.26 bits per heavy atom. The van der Waals surface area contributed by atoms with Crippen molar-refractivity contribution in [1.82, 2.24) is 0 Å². The minimum absolute atomic E-state index is 0.852. The second-order valence-electron chi connectivity index (χ2n) is 18.8. The Morgan fingerprint density at radius 2 is 0.730 bits per heavy atom. The number of rotatable bonds is 14. The molecule has 354 valence electrons. The monoisotopic (exact) mass is 949 g/mol. The Hall–Kier alpha value is -9.44. The normalized spacial score (nSPS) is 12.8.